The molecule has 0 atom stereocenters. The van der Waals surface area contributed by atoms with Crippen molar-refractivity contribution in [3.05, 3.63) is 28.2 Å². The highest BCUT2D eigenvalue weighted by Crippen LogP contribution is 2.26. The highest BCUT2D eigenvalue weighted by molar-refractivity contribution is 9.10. The molecule has 0 radical (unpaired) electrons. The van der Waals surface area contributed by atoms with Crippen LogP contribution in [0.3, 0.4) is 0 Å². The van der Waals surface area contributed by atoms with E-state index in [0.29, 0.717) is 12.5 Å². The van der Waals surface area contributed by atoms with Crippen LogP contribution in [-0.4, -0.2) is 26.2 Å². The summed E-state index contributed by atoms with van der Waals surface area (Å²) in [6.07, 6.45) is 0.251. The van der Waals surface area contributed by atoms with Crippen molar-refractivity contribution in [3.8, 4) is 5.75 Å². The summed E-state index contributed by atoms with van der Waals surface area (Å²) < 4.78 is 11.0. The molecule has 0 saturated carbocycles. The zero-order chi connectivity index (χ0) is 15.0. The standard InChI is InChI=1S/C15H22BrNO3/c1-11(2)9-17-10-12-4-5-14(13(16)8-12)20-7-6-15(18)19-3/h4-5,8,11,17H,6-7,9-10H2,1-3H3. The summed E-state index contributed by atoms with van der Waals surface area (Å²) in [6, 6.07) is 5.96. The number of rotatable bonds is 8. The van der Waals surface area contributed by atoms with Gasteiger partial charge in [-0.1, -0.05) is 19.9 Å². The van der Waals surface area contributed by atoms with Crippen molar-refractivity contribution in [2.24, 2.45) is 5.92 Å². The predicted molar refractivity (Wildman–Crippen MR) is 82.8 cm³/mol. The number of hydrogen-bond donors (Lipinski definition) is 1. The number of esters is 1. The second kappa shape index (κ2) is 8.97. The van der Waals surface area contributed by atoms with Gasteiger partial charge in [0.05, 0.1) is 24.6 Å². The topological polar surface area (TPSA) is 47.6 Å². The Morgan fingerprint density at radius 1 is 1.40 bits per heavy atom. The molecule has 0 unspecified atom stereocenters. The summed E-state index contributed by atoms with van der Waals surface area (Å²) >= 11 is 3.48. The van der Waals surface area contributed by atoms with Crippen LogP contribution in [0.4, 0.5) is 0 Å². The van der Waals surface area contributed by atoms with Gasteiger partial charge in [0.2, 0.25) is 0 Å². The SMILES string of the molecule is COC(=O)CCOc1ccc(CNCC(C)C)cc1Br. The third-order valence-electron chi connectivity index (χ3n) is 2.67. The van der Waals surface area contributed by atoms with E-state index >= 15 is 0 Å². The molecular formula is C15H22BrNO3. The van der Waals surface area contributed by atoms with Crippen LogP contribution in [0.1, 0.15) is 25.8 Å². The molecule has 1 N–H and O–H groups in total. The number of ether oxygens (including phenoxy) is 2. The quantitative estimate of drug-likeness (QED) is 0.736. The van der Waals surface area contributed by atoms with Crippen molar-refractivity contribution in [1.82, 2.24) is 5.32 Å². The highest BCUT2D eigenvalue weighted by Gasteiger charge is 2.05. The Hall–Kier alpha value is -1.07. The molecule has 0 amide bonds. The van der Waals surface area contributed by atoms with Crippen LogP contribution in [0.5, 0.6) is 5.75 Å². The number of benzene rings is 1. The molecule has 112 valence electrons. The summed E-state index contributed by atoms with van der Waals surface area (Å²) in [5, 5.41) is 3.39. The molecule has 5 heteroatoms. The zero-order valence-electron chi connectivity index (χ0n) is 12.2. The average Bonchev–Trinajstić information content (AvgIpc) is 2.40. The van der Waals surface area contributed by atoms with E-state index < -0.39 is 0 Å². The third-order valence-corrected chi connectivity index (χ3v) is 3.29. The lowest BCUT2D eigenvalue weighted by atomic mass is 10.2. The van der Waals surface area contributed by atoms with Gasteiger partial charge in [0, 0.05) is 6.54 Å². The maximum absolute atomic E-state index is 11.0. The maximum atomic E-state index is 11.0. The van der Waals surface area contributed by atoms with E-state index in [1.165, 1.54) is 12.7 Å². The smallest absolute Gasteiger partial charge is 0.308 e. The first kappa shape index (κ1) is 17.0. The Bertz CT molecular complexity index is 435. The molecular weight excluding hydrogens is 322 g/mol. The number of methoxy groups -OCH3 is 1. The van der Waals surface area contributed by atoms with Gasteiger partial charge in [0.15, 0.2) is 0 Å². The average molecular weight is 344 g/mol. The lowest BCUT2D eigenvalue weighted by Gasteiger charge is -2.11. The van der Waals surface area contributed by atoms with E-state index in [2.05, 4.69) is 39.8 Å². The van der Waals surface area contributed by atoms with Gasteiger partial charge >= 0.3 is 5.97 Å². The minimum absolute atomic E-state index is 0.251. The lowest BCUT2D eigenvalue weighted by Crippen LogP contribution is -2.18. The van der Waals surface area contributed by atoms with Crippen molar-refractivity contribution < 1.29 is 14.3 Å². The van der Waals surface area contributed by atoms with Crippen LogP contribution >= 0.6 is 15.9 Å². The number of hydrogen-bond acceptors (Lipinski definition) is 4. The van der Waals surface area contributed by atoms with E-state index in [1.807, 2.05) is 18.2 Å². The van der Waals surface area contributed by atoms with Gasteiger partial charge in [-0.25, -0.2) is 0 Å². The Kier molecular flexibility index (Phi) is 7.62. The summed E-state index contributed by atoms with van der Waals surface area (Å²) in [7, 11) is 1.37. The van der Waals surface area contributed by atoms with Crippen LogP contribution in [-0.2, 0) is 16.1 Å². The molecule has 0 aliphatic heterocycles. The van der Waals surface area contributed by atoms with Gasteiger partial charge in [-0.3, -0.25) is 4.79 Å². The van der Waals surface area contributed by atoms with Gasteiger partial charge in [0.1, 0.15) is 5.75 Å². The van der Waals surface area contributed by atoms with Gasteiger partial charge in [-0.2, -0.15) is 0 Å². The fourth-order valence-electron chi connectivity index (χ4n) is 1.62. The minimum atomic E-state index is -0.268. The van der Waals surface area contributed by atoms with Gasteiger partial charge < -0.3 is 14.8 Å². The molecule has 20 heavy (non-hydrogen) atoms. The Labute approximate surface area is 129 Å². The van der Waals surface area contributed by atoms with Crippen molar-refractivity contribution in [3.63, 3.8) is 0 Å². The second-order valence-electron chi connectivity index (χ2n) is 4.96. The molecule has 0 fully saturated rings. The van der Waals surface area contributed by atoms with Crippen LogP contribution in [0.25, 0.3) is 0 Å². The molecule has 1 rings (SSSR count). The fourth-order valence-corrected chi connectivity index (χ4v) is 2.16. The molecule has 0 bridgehead atoms. The lowest BCUT2D eigenvalue weighted by molar-refractivity contribution is -0.141. The fraction of sp³-hybridized carbons (Fsp3) is 0.533. The van der Waals surface area contributed by atoms with Crippen LogP contribution < -0.4 is 10.1 Å². The number of nitrogens with one attached hydrogen (secondary N) is 1. The molecule has 0 aliphatic rings. The van der Waals surface area contributed by atoms with Gasteiger partial charge in [-0.05, 0) is 46.1 Å². The maximum Gasteiger partial charge on any atom is 0.308 e. The third kappa shape index (κ3) is 6.39. The van der Waals surface area contributed by atoms with E-state index in [-0.39, 0.29) is 12.4 Å². The molecule has 1 aromatic carbocycles. The second-order valence-corrected chi connectivity index (χ2v) is 5.82. The van der Waals surface area contributed by atoms with E-state index in [0.717, 1.165) is 23.3 Å². The molecule has 0 heterocycles. The largest absolute Gasteiger partial charge is 0.492 e. The molecule has 4 nitrogen and oxygen atoms in total. The van der Waals surface area contributed by atoms with E-state index in [9.17, 15) is 4.79 Å². The number of carbonyl (C=O) groups is 1. The van der Waals surface area contributed by atoms with Gasteiger partial charge in [0.25, 0.3) is 0 Å². The minimum Gasteiger partial charge on any atom is -0.492 e. The first-order valence-corrected chi connectivity index (χ1v) is 7.51. The van der Waals surface area contributed by atoms with E-state index in [1.54, 1.807) is 0 Å². The van der Waals surface area contributed by atoms with Crippen molar-refractivity contribution in [2.45, 2.75) is 26.8 Å². The first-order valence-electron chi connectivity index (χ1n) is 6.71. The summed E-state index contributed by atoms with van der Waals surface area (Å²) in [4.78, 5) is 11.0. The molecule has 0 saturated heterocycles. The summed E-state index contributed by atoms with van der Waals surface area (Å²) in [5.74, 6) is 1.11. The van der Waals surface area contributed by atoms with E-state index in [4.69, 9.17) is 4.74 Å². The molecule has 0 spiro atoms. The van der Waals surface area contributed by atoms with Gasteiger partial charge in [-0.15, -0.1) is 0 Å². The highest BCUT2D eigenvalue weighted by atomic mass is 79.9. The van der Waals surface area contributed by atoms with Crippen molar-refractivity contribution in [2.75, 3.05) is 20.3 Å². The predicted octanol–water partition coefficient (Wildman–Crippen LogP) is 3.14. The van der Waals surface area contributed by atoms with Crippen LogP contribution in [0, 0.1) is 5.92 Å². The number of carbonyl (C=O) groups excluding carboxylic acids is 1. The molecule has 1 aromatic rings. The zero-order valence-corrected chi connectivity index (χ0v) is 13.8. The molecule has 0 aromatic heterocycles. The summed E-state index contributed by atoms with van der Waals surface area (Å²) in [6.45, 7) is 6.51. The normalized spacial score (nSPS) is 10.7. The number of halogens is 1. The Balaban J connectivity index is 2.44. The van der Waals surface area contributed by atoms with Crippen molar-refractivity contribution >= 4 is 21.9 Å². The van der Waals surface area contributed by atoms with Crippen molar-refractivity contribution in [1.29, 1.82) is 0 Å². The monoisotopic (exact) mass is 343 g/mol. The van der Waals surface area contributed by atoms with Crippen LogP contribution in [0.2, 0.25) is 0 Å². The Morgan fingerprint density at radius 2 is 2.15 bits per heavy atom. The molecule has 0 aliphatic carbocycles. The first-order chi connectivity index (χ1) is 9.52. The van der Waals surface area contributed by atoms with Crippen LogP contribution in [0.15, 0.2) is 22.7 Å². The summed E-state index contributed by atoms with van der Waals surface area (Å²) in [5.41, 5.74) is 1.19. The Morgan fingerprint density at radius 3 is 2.75 bits per heavy atom.